The molecule has 0 bridgehead atoms. The summed E-state index contributed by atoms with van der Waals surface area (Å²) in [7, 11) is 0. The maximum atomic E-state index is 11.5. The van der Waals surface area contributed by atoms with Crippen LogP contribution >= 0.6 is 23.2 Å². The van der Waals surface area contributed by atoms with E-state index in [0.29, 0.717) is 21.3 Å². The zero-order valence-corrected chi connectivity index (χ0v) is 10.7. The zero-order chi connectivity index (χ0) is 13.0. The first-order chi connectivity index (χ1) is 8.68. The van der Waals surface area contributed by atoms with Gasteiger partial charge in [0.2, 0.25) is 0 Å². The monoisotopic (exact) mass is 281 g/mol. The second kappa shape index (κ2) is 5.71. The molecule has 2 aromatic rings. The van der Waals surface area contributed by atoms with Crippen LogP contribution in [0.4, 0.5) is 0 Å². The number of nitrogens with one attached hydrogen (secondary N) is 2. The molecule has 0 saturated heterocycles. The Bertz CT molecular complexity index is 579. The SMILES string of the molecule is O=C(N/N=C\c1cccc(Cl)c1Cl)c1ccc[nH]1. The molecule has 92 valence electrons. The van der Waals surface area contributed by atoms with Crippen molar-refractivity contribution in [1.29, 1.82) is 0 Å². The molecule has 0 fully saturated rings. The molecule has 1 amide bonds. The van der Waals surface area contributed by atoms with Crippen LogP contribution in [0.5, 0.6) is 0 Å². The Balaban J connectivity index is 2.04. The minimum absolute atomic E-state index is 0.325. The maximum absolute atomic E-state index is 11.5. The van der Waals surface area contributed by atoms with Crippen molar-refractivity contribution < 1.29 is 4.79 Å². The summed E-state index contributed by atoms with van der Waals surface area (Å²) in [5.74, 6) is -0.325. The number of hydrogen-bond acceptors (Lipinski definition) is 2. The standard InChI is InChI=1S/C12H9Cl2N3O/c13-9-4-1-3-8(11(9)14)7-16-17-12(18)10-5-2-6-15-10/h1-7,15H,(H,17,18)/b16-7-. The summed E-state index contributed by atoms with van der Waals surface area (Å²) in [6, 6.07) is 8.56. The predicted octanol–water partition coefficient (Wildman–Crippen LogP) is 3.09. The molecule has 2 rings (SSSR count). The van der Waals surface area contributed by atoms with Crippen LogP contribution in [0.25, 0.3) is 0 Å². The third kappa shape index (κ3) is 2.91. The van der Waals surface area contributed by atoms with Gasteiger partial charge in [-0.1, -0.05) is 35.3 Å². The van der Waals surface area contributed by atoms with E-state index in [-0.39, 0.29) is 5.91 Å². The van der Waals surface area contributed by atoms with Crippen molar-refractivity contribution in [2.24, 2.45) is 5.10 Å². The topological polar surface area (TPSA) is 57.2 Å². The number of carbonyl (C=O) groups excluding carboxylic acids is 1. The molecular weight excluding hydrogens is 273 g/mol. The van der Waals surface area contributed by atoms with Gasteiger partial charge in [0, 0.05) is 11.8 Å². The Labute approximate surface area is 114 Å². The van der Waals surface area contributed by atoms with Crippen LogP contribution in [0, 0.1) is 0 Å². The number of carbonyl (C=O) groups is 1. The van der Waals surface area contributed by atoms with Gasteiger partial charge in [-0.15, -0.1) is 0 Å². The van der Waals surface area contributed by atoms with E-state index in [0.717, 1.165) is 0 Å². The number of halogens is 2. The van der Waals surface area contributed by atoms with E-state index < -0.39 is 0 Å². The lowest BCUT2D eigenvalue weighted by atomic mass is 10.2. The molecule has 0 aliphatic heterocycles. The van der Waals surface area contributed by atoms with Gasteiger partial charge in [-0.25, -0.2) is 5.43 Å². The first kappa shape index (κ1) is 12.7. The Morgan fingerprint density at radius 3 is 2.83 bits per heavy atom. The zero-order valence-electron chi connectivity index (χ0n) is 9.15. The van der Waals surface area contributed by atoms with Gasteiger partial charge in [-0.3, -0.25) is 4.79 Å². The fourth-order valence-corrected chi connectivity index (χ4v) is 1.67. The molecule has 1 aromatic heterocycles. The summed E-state index contributed by atoms with van der Waals surface area (Å²) in [4.78, 5) is 14.3. The molecule has 1 aromatic carbocycles. The molecule has 6 heteroatoms. The van der Waals surface area contributed by atoms with Crippen LogP contribution in [0.15, 0.2) is 41.6 Å². The molecule has 0 radical (unpaired) electrons. The van der Waals surface area contributed by atoms with Gasteiger partial charge in [0.1, 0.15) is 5.69 Å². The molecule has 4 nitrogen and oxygen atoms in total. The number of H-pyrrole nitrogens is 1. The van der Waals surface area contributed by atoms with Crippen LogP contribution in [-0.2, 0) is 0 Å². The van der Waals surface area contributed by atoms with Gasteiger partial charge in [-0.2, -0.15) is 5.10 Å². The summed E-state index contributed by atoms with van der Waals surface area (Å²) in [6.45, 7) is 0. The quantitative estimate of drug-likeness (QED) is 0.659. The highest BCUT2D eigenvalue weighted by molar-refractivity contribution is 6.43. The van der Waals surface area contributed by atoms with E-state index in [1.807, 2.05) is 0 Å². The fourth-order valence-electron chi connectivity index (χ4n) is 1.31. The van der Waals surface area contributed by atoms with Crippen molar-refractivity contribution >= 4 is 35.3 Å². The summed E-state index contributed by atoms with van der Waals surface area (Å²) in [5.41, 5.74) is 3.45. The minimum Gasteiger partial charge on any atom is -0.357 e. The summed E-state index contributed by atoms with van der Waals surface area (Å²) < 4.78 is 0. The molecule has 0 spiro atoms. The van der Waals surface area contributed by atoms with Gasteiger partial charge in [0.15, 0.2) is 0 Å². The highest BCUT2D eigenvalue weighted by Crippen LogP contribution is 2.23. The Morgan fingerprint density at radius 1 is 1.28 bits per heavy atom. The number of rotatable bonds is 3. The number of aromatic nitrogens is 1. The second-order valence-electron chi connectivity index (χ2n) is 3.43. The van der Waals surface area contributed by atoms with Crippen molar-refractivity contribution in [3.05, 3.63) is 57.8 Å². The van der Waals surface area contributed by atoms with E-state index in [1.54, 1.807) is 36.5 Å². The van der Waals surface area contributed by atoms with Crippen molar-refractivity contribution in [1.82, 2.24) is 10.4 Å². The molecule has 1 heterocycles. The lowest BCUT2D eigenvalue weighted by molar-refractivity contribution is 0.0951. The van der Waals surface area contributed by atoms with E-state index in [1.165, 1.54) is 6.21 Å². The van der Waals surface area contributed by atoms with E-state index in [2.05, 4.69) is 15.5 Å². The third-order valence-corrected chi connectivity index (χ3v) is 3.03. The van der Waals surface area contributed by atoms with Crippen molar-refractivity contribution in [2.75, 3.05) is 0 Å². The molecule has 0 saturated carbocycles. The predicted molar refractivity (Wildman–Crippen MR) is 72.3 cm³/mol. The Morgan fingerprint density at radius 2 is 2.11 bits per heavy atom. The smallest absolute Gasteiger partial charge is 0.287 e. The van der Waals surface area contributed by atoms with Crippen LogP contribution in [0.1, 0.15) is 16.1 Å². The van der Waals surface area contributed by atoms with Crippen LogP contribution < -0.4 is 5.43 Å². The number of benzene rings is 1. The fraction of sp³-hybridized carbons (Fsp3) is 0. The molecule has 2 N–H and O–H groups in total. The molecule has 0 aliphatic rings. The second-order valence-corrected chi connectivity index (χ2v) is 4.21. The number of aromatic amines is 1. The number of hydrogen-bond donors (Lipinski definition) is 2. The Hall–Kier alpha value is -1.78. The van der Waals surface area contributed by atoms with Crippen molar-refractivity contribution in [2.45, 2.75) is 0 Å². The van der Waals surface area contributed by atoms with Gasteiger partial charge >= 0.3 is 0 Å². The normalized spacial score (nSPS) is 10.8. The first-order valence-corrected chi connectivity index (χ1v) is 5.85. The van der Waals surface area contributed by atoms with Gasteiger partial charge in [0.05, 0.1) is 16.3 Å². The van der Waals surface area contributed by atoms with Crippen molar-refractivity contribution in [3.8, 4) is 0 Å². The average Bonchev–Trinajstić information content (AvgIpc) is 2.88. The highest BCUT2D eigenvalue weighted by atomic mass is 35.5. The summed E-state index contributed by atoms with van der Waals surface area (Å²) in [6.07, 6.45) is 3.10. The average molecular weight is 282 g/mol. The van der Waals surface area contributed by atoms with Crippen LogP contribution in [0.3, 0.4) is 0 Å². The van der Waals surface area contributed by atoms with E-state index >= 15 is 0 Å². The largest absolute Gasteiger partial charge is 0.357 e. The summed E-state index contributed by atoms with van der Waals surface area (Å²) in [5, 5.41) is 4.65. The highest BCUT2D eigenvalue weighted by Gasteiger charge is 2.04. The van der Waals surface area contributed by atoms with Gasteiger partial charge in [0.25, 0.3) is 5.91 Å². The molecule has 18 heavy (non-hydrogen) atoms. The lowest BCUT2D eigenvalue weighted by Crippen LogP contribution is -2.17. The van der Waals surface area contributed by atoms with Crippen molar-refractivity contribution in [3.63, 3.8) is 0 Å². The molecule has 0 unspecified atom stereocenters. The summed E-state index contributed by atoms with van der Waals surface area (Å²) >= 11 is 11.8. The first-order valence-electron chi connectivity index (χ1n) is 5.09. The number of nitrogens with zero attached hydrogens (tertiary/aromatic N) is 1. The molecular formula is C12H9Cl2N3O. The van der Waals surface area contributed by atoms with Gasteiger partial charge < -0.3 is 4.98 Å². The maximum Gasteiger partial charge on any atom is 0.287 e. The number of amides is 1. The molecule has 0 atom stereocenters. The number of hydrazone groups is 1. The lowest BCUT2D eigenvalue weighted by Gasteiger charge is -2.00. The van der Waals surface area contributed by atoms with Crippen LogP contribution in [0.2, 0.25) is 10.0 Å². The molecule has 0 aliphatic carbocycles. The Kier molecular flexibility index (Phi) is 4.02. The van der Waals surface area contributed by atoms with Crippen LogP contribution in [-0.4, -0.2) is 17.1 Å². The van der Waals surface area contributed by atoms with Gasteiger partial charge in [-0.05, 0) is 18.2 Å². The third-order valence-electron chi connectivity index (χ3n) is 2.19. The minimum atomic E-state index is -0.325. The van der Waals surface area contributed by atoms with E-state index in [9.17, 15) is 4.79 Å². The van der Waals surface area contributed by atoms with E-state index in [4.69, 9.17) is 23.2 Å².